The summed E-state index contributed by atoms with van der Waals surface area (Å²) in [6.07, 6.45) is 13.0. The van der Waals surface area contributed by atoms with Gasteiger partial charge in [0.25, 0.3) is 0 Å². The number of ether oxygens (including phenoxy) is 2. The van der Waals surface area contributed by atoms with Crippen molar-refractivity contribution in [1.82, 2.24) is 4.98 Å². The third-order valence-corrected chi connectivity index (χ3v) is 4.81. The molecule has 0 saturated heterocycles. The fourth-order valence-corrected chi connectivity index (χ4v) is 2.96. The van der Waals surface area contributed by atoms with Gasteiger partial charge in [0.05, 0.1) is 20.3 Å². The number of pyridine rings is 1. The molecule has 0 aliphatic carbocycles. The average molecular weight is 402 g/mol. The Labute approximate surface area is 174 Å². The largest absolute Gasteiger partial charge is 0.488 e. The van der Waals surface area contributed by atoms with Gasteiger partial charge in [-0.3, -0.25) is 4.79 Å². The number of hydrogen-bond donors (Lipinski definition) is 2. The van der Waals surface area contributed by atoms with Gasteiger partial charge in [-0.2, -0.15) is 0 Å². The lowest BCUT2D eigenvalue weighted by molar-refractivity contribution is 0.185. The summed E-state index contributed by atoms with van der Waals surface area (Å²) >= 11 is 0. The second kappa shape index (κ2) is 12.1. The first-order valence-corrected chi connectivity index (χ1v) is 9.90. The lowest BCUT2D eigenvalue weighted by atomic mass is 10.0. The number of aliphatic hydroxyl groups excluding tert-OH is 1. The molecule has 1 aromatic rings. The number of aromatic amines is 1. The van der Waals surface area contributed by atoms with Gasteiger partial charge in [-0.25, -0.2) is 0 Å². The first-order valence-electron chi connectivity index (χ1n) is 9.90. The molecule has 0 radical (unpaired) electrons. The minimum absolute atomic E-state index is 0.0670. The molecule has 0 unspecified atom stereocenters. The number of allylic oxidation sites excluding steroid dienone is 6. The van der Waals surface area contributed by atoms with Crippen LogP contribution in [-0.2, 0) is 6.42 Å². The van der Waals surface area contributed by atoms with Crippen molar-refractivity contribution in [2.75, 3.05) is 14.2 Å². The van der Waals surface area contributed by atoms with Crippen molar-refractivity contribution >= 4 is 0 Å². The van der Waals surface area contributed by atoms with Crippen LogP contribution in [0.4, 0.5) is 0 Å². The van der Waals surface area contributed by atoms with Crippen molar-refractivity contribution in [1.29, 1.82) is 0 Å². The molecule has 2 atom stereocenters. The van der Waals surface area contributed by atoms with E-state index in [-0.39, 0.29) is 17.1 Å². The number of methoxy groups -OCH3 is 2. The first-order chi connectivity index (χ1) is 13.7. The molecular formula is C24H35NO4. The summed E-state index contributed by atoms with van der Waals surface area (Å²) in [6.45, 7) is 9.79. The summed E-state index contributed by atoms with van der Waals surface area (Å²) in [5.74, 6) is 0.616. The van der Waals surface area contributed by atoms with Gasteiger partial charge in [0.15, 0.2) is 0 Å². The van der Waals surface area contributed by atoms with Crippen molar-refractivity contribution in [3.05, 3.63) is 69.1 Å². The summed E-state index contributed by atoms with van der Waals surface area (Å²) in [5, 5.41) is 9.96. The molecule has 1 heterocycles. The molecule has 160 valence electrons. The van der Waals surface area contributed by atoms with Crippen molar-refractivity contribution in [3.8, 4) is 11.6 Å². The monoisotopic (exact) mass is 401 g/mol. The molecule has 0 bridgehead atoms. The van der Waals surface area contributed by atoms with Crippen LogP contribution in [0.1, 0.15) is 45.4 Å². The molecule has 0 saturated carbocycles. The van der Waals surface area contributed by atoms with Crippen LogP contribution in [-0.4, -0.2) is 30.4 Å². The summed E-state index contributed by atoms with van der Waals surface area (Å²) < 4.78 is 10.4. The van der Waals surface area contributed by atoms with Crippen LogP contribution in [0.3, 0.4) is 0 Å². The number of nitrogens with one attached hydrogen (secondary N) is 1. The molecule has 0 spiro atoms. The highest BCUT2D eigenvalue weighted by molar-refractivity contribution is 5.40. The number of rotatable bonds is 10. The Kier molecular flexibility index (Phi) is 10.2. The number of hydrogen-bond acceptors (Lipinski definition) is 4. The summed E-state index contributed by atoms with van der Waals surface area (Å²) in [5.41, 5.74) is 3.62. The van der Waals surface area contributed by atoms with Crippen LogP contribution in [0.5, 0.6) is 11.6 Å². The predicted molar refractivity (Wildman–Crippen MR) is 120 cm³/mol. The smallest absolute Gasteiger partial charge is 0.238 e. The number of H-pyrrole nitrogens is 1. The van der Waals surface area contributed by atoms with E-state index in [1.54, 1.807) is 13.0 Å². The molecule has 0 amide bonds. The molecule has 29 heavy (non-hydrogen) atoms. The lowest BCUT2D eigenvalue weighted by Crippen LogP contribution is -2.15. The maximum atomic E-state index is 12.4. The Bertz CT molecular complexity index is 843. The van der Waals surface area contributed by atoms with Gasteiger partial charge in [0.2, 0.25) is 17.1 Å². The van der Waals surface area contributed by atoms with Crippen LogP contribution in [0, 0.1) is 12.8 Å². The first kappa shape index (κ1) is 24.5. The Hall–Kier alpha value is -2.53. The van der Waals surface area contributed by atoms with E-state index in [9.17, 15) is 9.90 Å². The predicted octanol–water partition coefficient (Wildman–Crippen LogP) is 4.66. The van der Waals surface area contributed by atoms with Gasteiger partial charge < -0.3 is 19.6 Å². The van der Waals surface area contributed by atoms with Gasteiger partial charge >= 0.3 is 0 Å². The van der Waals surface area contributed by atoms with E-state index in [1.165, 1.54) is 19.8 Å². The quantitative estimate of drug-likeness (QED) is 0.442. The minimum atomic E-state index is -0.461. The van der Waals surface area contributed by atoms with Crippen LogP contribution < -0.4 is 14.9 Å². The third kappa shape index (κ3) is 7.42. The molecule has 2 N–H and O–H groups in total. The second-order valence-corrected chi connectivity index (χ2v) is 7.27. The molecule has 0 aromatic carbocycles. The Morgan fingerprint density at radius 2 is 1.93 bits per heavy atom. The van der Waals surface area contributed by atoms with Crippen LogP contribution in [0.25, 0.3) is 0 Å². The summed E-state index contributed by atoms with van der Waals surface area (Å²) in [6, 6.07) is 0. The Morgan fingerprint density at radius 3 is 2.52 bits per heavy atom. The van der Waals surface area contributed by atoms with Gasteiger partial charge in [0.1, 0.15) is 0 Å². The van der Waals surface area contributed by atoms with Crippen LogP contribution in [0.2, 0.25) is 0 Å². The van der Waals surface area contributed by atoms with Crippen molar-refractivity contribution in [3.63, 3.8) is 0 Å². The molecule has 5 heteroatoms. The second-order valence-electron chi connectivity index (χ2n) is 7.27. The molecule has 0 aliphatic heterocycles. The highest BCUT2D eigenvalue weighted by Crippen LogP contribution is 2.22. The minimum Gasteiger partial charge on any atom is -0.488 e. The Morgan fingerprint density at radius 1 is 1.24 bits per heavy atom. The molecule has 0 aliphatic rings. The highest BCUT2D eigenvalue weighted by Gasteiger charge is 2.14. The zero-order chi connectivity index (χ0) is 22.0. The normalized spacial score (nSPS) is 15.2. The molecule has 1 aromatic heterocycles. The van der Waals surface area contributed by atoms with Gasteiger partial charge in [0, 0.05) is 23.6 Å². The Balaban J connectivity index is 2.79. The molecule has 1 rings (SSSR count). The van der Waals surface area contributed by atoms with E-state index < -0.39 is 6.10 Å². The molecular weight excluding hydrogens is 366 g/mol. The summed E-state index contributed by atoms with van der Waals surface area (Å²) in [4.78, 5) is 15.5. The van der Waals surface area contributed by atoms with Crippen LogP contribution >= 0.6 is 0 Å². The average Bonchev–Trinajstić information content (AvgIpc) is 2.68. The fraction of sp³-hybridized carbons (Fsp3) is 0.458. The zero-order valence-corrected chi connectivity index (χ0v) is 18.7. The molecule has 5 nitrogen and oxygen atoms in total. The van der Waals surface area contributed by atoms with Gasteiger partial charge in [-0.15, -0.1) is 0 Å². The SMILES string of the molecule is C/C=C/[C@H](O)[C@H](C)/C=C(C)/C=C/C/C(C)=C/Cc1[nH]c(OC)c(OC)c(=O)c1C. The lowest BCUT2D eigenvalue weighted by Gasteiger charge is -2.11. The van der Waals surface area contributed by atoms with E-state index in [2.05, 4.69) is 36.2 Å². The van der Waals surface area contributed by atoms with E-state index in [0.29, 0.717) is 17.9 Å². The maximum Gasteiger partial charge on any atom is 0.238 e. The van der Waals surface area contributed by atoms with Gasteiger partial charge in [-0.05, 0) is 34.1 Å². The maximum absolute atomic E-state index is 12.4. The topological polar surface area (TPSA) is 71.6 Å². The van der Waals surface area contributed by atoms with E-state index in [1.807, 2.05) is 26.8 Å². The van der Waals surface area contributed by atoms with Crippen molar-refractivity contribution < 1.29 is 14.6 Å². The highest BCUT2D eigenvalue weighted by atomic mass is 16.5. The standard InChI is InChI=1S/C24H35NO4/c1-8-10-21(26)18(4)15-17(3)12-9-11-16(2)13-14-20-19(5)22(27)23(28-6)24(25-20)29-7/h8-10,12-13,15,18,21,26H,11,14H2,1-7H3,(H,25,27)/b10-8+,12-9+,16-13+,17-15+/t18-,21+/m1/s1. The fourth-order valence-electron chi connectivity index (χ4n) is 2.96. The third-order valence-electron chi connectivity index (χ3n) is 4.81. The summed E-state index contributed by atoms with van der Waals surface area (Å²) in [7, 11) is 2.97. The number of aliphatic hydroxyl groups is 1. The van der Waals surface area contributed by atoms with Crippen molar-refractivity contribution in [2.24, 2.45) is 5.92 Å². The van der Waals surface area contributed by atoms with E-state index >= 15 is 0 Å². The molecule has 0 fully saturated rings. The van der Waals surface area contributed by atoms with Gasteiger partial charge in [-0.1, -0.05) is 54.5 Å². The zero-order valence-electron chi connectivity index (χ0n) is 18.7. The van der Waals surface area contributed by atoms with Crippen LogP contribution in [0.15, 0.2) is 52.4 Å². The van der Waals surface area contributed by atoms with E-state index in [4.69, 9.17) is 9.47 Å². The van der Waals surface area contributed by atoms with E-state index in [0.717, 1.165) is 17.7 Å². The van der Waals surface area contributed by atoms with Crippen molar-refractivity contribution in [2.45, 2.75) is 53.6 Å². The number of aromatic nitrogens is 1.